The van der Waals surface area contributed by atoms with Crippen molar-refractivity contribution >= 4 is 34.2 Å². The molecule has 0 aliphatic rings. The molecule has 0 unspecified atom stereocenters. The van der Waals surface area contributed by atoms with Gasteiger partial charge in [0.2, 0.25) is 0 Å². The van der Waals surface area contributed by atoms with Gasteiger partial charge in [-0.2, -0.15) is 0 Å². The summed E-state index contributed by atoms with van der Waals surface area (Å²) in [7, 11) is 0. The number of benzene rings is 1. The molecular formula is C22H32ClIN2O. The molecule has 2 rings (SSSR count). The molecule has 0 saturated heterocycles. The summed E-state index contributed by atoms with van der Waals surface area (Å²) < 4.78 is 7.09. The second kappa shape index (κ2) is 12.8. The van der Waals surface area contributed by atoms with Crippen molar-refractivity contribution < 1.29 is 4.42 Å². The highest BCUT2D eigenvalue weighted by Gasteiger charge is 2.09. The van der Waals surface area contributed by atoms with Crippen LogP contribution in [0.1, 0.15) is 51.7 Å². The van der Waals surface area contributed by atoms with Crippen molar-refractivity contribution in [2.75, 3.05) is 26.2 Å². The zero-order valence-corrected chi connectivity index (χ0v) is 19.5. The lowest BCUT2D eigenvalue weighted by Crippen LogP contribution is -2.29. The molecule has 1 heterocycles. The molecule has 1 N–H and O–H groups in total. The van der Waals surface area contributed by atoms with Crippen LogP contribution < -0.4 is 5.32 Å². The maximum absolute atomic E-state index is 6.34. The van der Waals surface area contributed by atoms with Crippen LogP contribution in [0.5, 0.6) is 0 Å². The Labute approximate surface area is 183 Å². The first-order valence-corrected chi connectivity index (χ1v) is 11.6. The van der Waals surface area contributed by atoms with E-state index in [-0.39, 0.29) is 0 Å². The van der Waals surface area contributed by atoms with Gasteiger partial charge in [0.25, 0.3) is 0 Å². The number of nitrogens with one attached hydrogen (secondary N) is 1. The normalized spacial score (nSPS) is 11.4. The summed E-state index contributed by atoms with van der Waals surface area (Å²) in [5.41, 5.74) is 0.950. The molecule has 5 heteroatoms. The summed E-state index contributed by atoms with van der Waals surface area (Å²) in [6, 6.07) is 10.1. The van der Waals surface area contributed by atoms with E-state index in [4.69, 9.17) is 16.0 Å². The monoisotopic (exact) mass is 502 g/mol. The minimum absolute atomic E-state index is 0.731. The summed E-state index contributed by atoms with van der Waals surface area (Å²) >= 11 is 8.60. The Hall–Kier alpha value is -0.560. The first kappa shape index (κ1) is 22.7. The SMILES string of the molecule is CCCCN(CCCC)CCCNCc1ccc(-c2ccc(I)cc2Cl)o1. The summed E-state index contributed by atoms with van der Waals surface area (Å²) in [6.07, 6.45) is 6.31. The minimum atomic E-state index is 0.731. The molecule has 0 amide bonds. The Morgan fingerprint density at radius 3 is 2.37 bits per heavy atom. The van der Waals surface area contributed by atoms with E-state index in [1.165, 1.54) is 51.7 Å². The lowest BCUT2D eigenvalue weighted by Gasteiger charge is -2.21. The zero-order chi connectivity index (χ0) is 19.5. The van der Waals surface area contributed by atoms with Crippen molar-refractivity contribution in [2.24, 2.45) is 0 Å². The van der Waals surface area contributed by atoms with E-state index in [1.807, 2.05) is 30.3 Å². The first-order chi connectivity index (χ1) is 13.1. The number of rotatable bonds is 13. The van der Waals surface area contributed by atoms with Gasteiger partial charge in [0.1, 0.15) is 11.5 Å². The van der Waals surface area contributed by atoms with Crippen molar-refractivity contribution in [3.8, 4) is 11.3 Å². The second-order valence-electron chi connectivity index (χ2n) is 6.97. The number of hydrogen-bond donors (Lipinski definition) is 1. The summed E-state index contributed by atoms with van der Waals surface area (Å²) in [5, 5.41) is 4.23. The van der Waals surface area contributed by atoms with Gasteiger partial charge in [-0.15, -0.1) is 0 Å². The van der Waals surface area contributed by atoms with Crippen molar-refractivity contribution in [1.29, 1.82) is 0 Å². The molecule has 0 saturated carbocycles. The van der Waals surface area contributed by atoms with Gasteiger partial charge in [-0.3, -0.25) is 0 Å². The quantitative estimate of drug-likeness (QED) is 0.247. The maximum atomic E-state index is 6.34. The van der Waals surface area contributed by atoms with Crippen LogP contribution in [-0.4, -0.2) is 31.1 Å². The number of hydrogen-bond acceptors (Lipinski definition) is 3. The van der Waals surface area contributed by atoms with Gasteiger partial charge in [-0.25, -0.2) is 0 Å². The third-order valence-corrected chi connectivity index (χ3v) is 5.62. The van der Waals surface area contributed by atoms with E-state index in [0.717, 1.165) is 38.8 Å². The van der Waals surface area contributed by atoms with E-state index in [0.29, 0.717) is 0 Å². The smallest absolute Gasteiger partial charge is 0.135 e. The standard InChI is InChI=1S/C22H32ClIN2O/c1-3-5-13-26(14-6-4-2)15-7-12-25-17-19-9-11-22(27-19)20-10-8-18(24)16-21(20)23/h8-11,16,25H,3-7,12-15,17H2,1-2H3. The van der Waals surface area contributed by atoms with Crippen molar-refractivity contribution in [2.45, 2.75) is 52.5 Å². The molecule has 1 aromatic heterocycles. The second-order valence-corrected chi connectivity index (χ2v) is 8.62. The molecular weight excluding hydrogens is 471 g/mol. The van der Waals surface area contributed by atoms with E-state index in [1.54, 1.807) is 0 Å². The van der Waals surface area contributed by atoms with Gasteiger partial charge in [0, 0.05) is 9.13 Å². The van der Waals surface area contributed by atoms with Crippen LogP contribution in [0.25, 0.3) is 11.3 Å². The first-order valence-electron chi connectivity index (χ1n) is 10.1. The molecule has 0 radical (unpaired) electrons. The molecule has 0 atom stereocenters. The molecule has 0 aliphatic carbocycles. The molecule has 150 valence electrons. The molecule has 1 aromatic carbocycles. The van der Waals surface area contributed by atoms with Gasteiger partial charge in [0.05, 0.1) is 11.6 Å². The Kier molecular flexibility index (Phi) is 10.8. The van der Waals surface area contributed by atoms with Crippen LogP contribution in [0.3, 0.4) is 0 Å². The Morgan fingerprint density at radius 1 is 1.00 bits per heavy atom. The Balaban J connectivity index is 1.73. The van der Waals surface area contributed by atoms with Gasteiger partial charge < -0.3 is 14.6 Å². The molecule has 0 fully saturated rings. The molecule has 0 bridgehead atoms. The molecule has 2 aromatic rings. The topological polar surface area (TPSA) is 28.4 Å². The molecule has 0 spiro atoms. The van der Waals surface area contributed by atoms with Gasteiger partial charge in [-0.1, -0.05) is 38.3 Å². The number of nitrogens with zero attached hydrogens (tertiary/aromatic N) is 1. The van der Waals surface area contributed by atoms with Crippen molar-refractivity contribution in [3.05, 3.63) is 44.7 Å². The van der Waals surface area contributed by atoms with Crippen LogP contribution in [0.15, 0.2) is 34.7 Å². The predicted octanol–water partition coefficient (Wildman–Crippen LogP) is 6.59. The van der Waals surface area contributed by atoms with Gasteiger partial charge in [0.15, 0.2) is 0 Å². The average molecular weight is 503 g/mol. The largest absolute Gasteiger partial charge is 0.460 e. The van der Waals surface area contributed by atoms with E-state index >= 15 is 0 Å². The fraction of sp³-hybridized carbons (Fsp3) is 0.545. The molecule has 0 aliphatic heterocycles. The highest BCUT2D eigenvalue weighted by atomic mass is 127. The van der Waals surface area contributed by atoms with Crippen LogP contribution >= 0.6 is 34.2 Å². The lowest BCUT2D eigenvalue weighted by atomic mass is 10.2. The fourth-order valence-electron chi connectivity index (χ4n) is 3.05. The van der Waals surface area contributed by atoms with Crippen LogP contribution in [-0.2, 0) is 6.54 Å². The highest BCUT2D eigenvalue weighted by Crippen LogP contribution is 2.30. The fourth-order valence-corrected chi connectivity index (χ4v) is 3.99. The van der Waals surface area contributed by atoms with E-state index in [9.17, 15) is 0 Å². The van der Waals surface area contributed by atoms with Gasteiger partial charge in [-0.05, 0) is 98.4 Å². The third-order valence-electron chi connectivity index (χ3n) is 4.64. The third kappa shape index (κ3) is 8.14. The maximum Gasteiger partial charge on any atom is 0.135 e. The van der Waals surface area contributed by atoms with Crippen LogP contribution in [0, 0.1) is 3.57 Å². The summed E-state index contributed by atoms with van der Waals surface area (Å²) in [4.78, 5) is 2.61. The average Bonchev–Trinajstić information content (AvgIpc) is 3.11. The number of unbranched alkanes of at least 4 members (excludes halogenated alkanes) is 2. The van der Waals surface area contributed by atoms with Gasteiger partial charge >= 0.3 is 0 Å². The summed E-state index contributed by atoms with van der Waals surface area (Å²) in [5.74, 6) is 1.78. The van der Waals surface area contributed by atoms with E-state index in [2.05, 4.69) is 46.7 Å². The Bertz CT molecular complexity index is 666. The lowest BCUT2D eigenvalue weighted by molar-refractivity contribution is 0.260. The molecule has 27 heavy (non-hydrogen) atoms. The number of halogens is 2. The summed E-state index contributed by atoms with van der Waals surface area (Å²) in [6.45, 7) is 9.93. The highest BCUT2D eigenvalue weighted by molar-refractivity contribution is 14.1. The van der Waals surface area contributed by atoms with E-state index < -0.39 is 0 Å². The predicted molar refractivity (Wildman–Crippen MR) is 124 cm³/mol. The van der Waals surface area contributed by atoms with Crippen LogP contribution in [0.2, 0.25) is 5.02 Å². The van der Waals surface area contributed by atoms with Crippen molar-refractivity contribution in [1.82, 2.24) is 10.2 Å². The van der Waals surface area contributed by atoms with Crippen molar-refractivity contribution in [3.63, 3.8) is 0 Å². The Morgan fingerprint density at radius 2 is 1.70 bits per heavy atom. The minimum Gasteiger partial charge on any atom is -0.460 e. The van der Waals surface area contributed by atoms with Crippen LogP contribution in [0.4, 0.5) is 0 Å². The zero-order valence-electron chi connectivity index (χ0n) is 16.6. The molecule has 3 nitrogen and oxygen atoms in total. The number of furan rings is 1.